The molecule has 6 nitrogen and oxygen atoms in total. The van der Waals surface area contributed by atoms with Crippen molar-refractivity contribution < 1.29 is 4.74 Å². The van der Waals surface area contributed by atoms with Gasteiger partial charge in [-0.05, 0) is 12.8 Å². The number of anilines is 1. The largest absolute Gasteiger partial charge is 0.378 e. The van der Waals surface area contributed by atoms with Crippen LogP contribution in [-0.4, -0.2) is 36.2 Å². The van der Waals surface area contributed by atoms with Gasteiger partial charge in [0.25, 0.3) is 5.56 Å². The molecule has 17 heavy (non-hydrogen) atoms. The predicted octanol–water partition coefficient (Wildman–Crippen LogP) is -0.156. The number of piperidine rings is 1. The van der Waals surface area contributed by atoms with Crippen molar-refractivity contribution >= 4 is 5.95 Å². The molecule has 0 saturated carbocycles. The maximum absolute atomic E-state index is 11.5. The summed E-state index contributed by atoms with van der Waals surface area (Å²) < 4.78 is 4.99. The molecule has 2 heterocycles. The van der Waals surface area contributed by atoms with Gasteiger partial charge in [-0.2, -0.15) is 0 Å². The van der Waals surface area contributed by atoms with Gasteiger partial charge in [0.05, 0.1) is 12.3 Å². The van der Waals surface area contributed by atoms with Gasteiger partial charge in [0.15, 0.2) is 0 Å². The molecule has 0 aromatic carbocycles. The summed E-state index contributed by atoms with van der Waals surface area (Å²) in [5, 5.41) is 0. The van der Waals surface area contributed by atoms with Crippen LogP contribution in [-0.2, 0) is 11.3 Å². The Kier molecular flexibility index (Phi) is 3.75. The molecular weight excluding hydrogens is 220 g/mol. The van der Waals surface area contributed by atoms with Crippen LogP contribution in [0.2, 0.25) is 0 Å². The molecule has 1 aliphatic heterocycles. The van der Waals surface area contributed by atoms with Gasteiger partial charge < -0.3 is 15.4 Å². The third-order valence-electron chi connectivity index (χ3n) is 2.83. The summed E-state index contributed by atoms with van der Waals surface area (Å²) in [6.45, 7) is 1.96. The van der Waals surface area contributed by atoms with E-state index in [4.69, 9.17) is 10.5 Å². The standard InChI is InChI=1S/C11H18N4O2/c1-17-7-9-5-10(16)14-11(13-9)15-4-2-3-8(12)6-15/h5,8H,2-4,6-7,12H2,1H3,(H,13,14,16). The highest BCUT2D eigenvalue weighted by atomic mass is 16.5. The van der Waals surface area contributed by atoms with Crippen molar-refractivity contribution in [3.63, 3.8) is 0 Å². The van der Waals surface area contributed by atoms with E-state index in [1.807, 2.05) is 4.90 Å². The summed E-state index contributed by atoms with van der Waals surface area (Å²) in [6.07, 6.45) is 2.05. The molecule has 1 aliphatic rings. The lowest BCUT2D eigenvalue weighted by atomic mass is 10.1. The van der Waals surface area contributed by atoms with E-state index in [0.29, 0.717) is 18.2 Å². The zero-order valence-corrected chi connectivity index (χ0v) is 9.98. The maximum atomic E-state index is 11.5. The molecule has 1 fully saturated rings. The molecule has 1 aromatic rings. The van der Waals surface area contributed by atoms with Crippen LogP contribution in [0.15, 0.2) is 10.9 Å². The first-order valence-corrected chi connectivity index (χ1v) is 5.79. The van der Waals surface area contributed by atoms with Crippen molar-refractivity contribution in [3.8, 4) is 0 Å². The van der Waals surface area contributed by atoms with Crippen molar-refractivity contribution in [2.45, 2.75) is 25.5 Å². The lowest BCUT2D eigenvalue weighted by molar-refractivity contribution is 0.181. The smallest absolute Gasteiger partial charge is 0.252 e. The van der Waals surface area contributed by atoms with Gasteiger partial charge in [0.1, 0.15) is 0 Å². The van der Waals surface area contributed by atoms with Crippen LogP contribution in [0, 0.1) is 0 Å². The molecule has 0 radical (unpaired) electrons. The van der Waals surface area contributed by atoms with E-state index in [1.54, 1.807) is 7.11 Å². The van der Waals surface area contributed by atoms with E-state index < -0.39 is 0 Å². The Morgan fingerprint density at radius 2 is 2.53 bits per heavy atom. The average molecular weight is 238 g/mol. The molecule has 1 atom stereocenters. The number of aromatic nitrogens is 2. The lowest BCUT2D eigenvalue weighted by Crippen LogP contribution is -2.44. The minimum absolute atomic E-state index is 0.152. The van der Waals surface area contributed by atoms with E-state index in [1.165, 1.54) is 6.07 Å². The normalized spacial score (nSPS) is 20.6. The summed E-state index contributed by atoms with van der Waals surface area (Å²) in [5.74, 6) is 0.597. The van der Waals surface area contributed by atoms with Gasteiger partial charge in [-0.3, -0.25) is 9.78 Å². The van der Waals surface area contributed by atoms with E-state index >= 15 is 0 Å². The second kappa shape index (κ2) is 5.29. The van der Waals surface area contributed by atoms with Gasteiger partial charge in [-0.15, -0.1) is 0 Å². The van der Waals surface area contributed by atoms with Gasteiger partial charge in [0, 0.05) is 32.3 Å². The molecule has 94 valence electrons. The number of nitrogens with zero attached hydrogens (tertiary/aromatic N) is 2. The van der Waals surface area contributed by atoms with Crippen LogP contribution in [0.25, 0.3) is 0 Å². The Morgan fingerprint density at radius 3 is 3.24 bits per heavy atom. The van der Waals surface area contributed by atoms with Crippen LogP contribution >= 0.6 is 0 Å². The van der Waals surface area contributed by atoms with Crippen LogP contribution in [0.5, 0.6) is 0 Å². The van der Waals surface area contributed by atoms with Crippen molar-refractivity contribution in [3.05, 3.63) is 22.1 Å². The minimum atomic E-state index is -0.152. The van der Waals surface area contributed by atoms with Crippen LogP contribution in [0.4, 0.5) is 5.95 Å². The number of nitrogens with one attached hydrogen (secondary N) is 1. The second-order valence-electron chi connectivity index (χ2n) is 4.34. The maximum Gasteiger partial charge on any atom is 0.252 e. The average Bonchev–Trinajstić information content (AvgIpc) is 2.28. The first-order chi connectivity index (χ1) is 8.19. The van der Waals surface area contributed by atoms with E-state index in [9.17, 15) is 4.79 Å². The van der Waals surface area contributed by atoms with Crippen LogP contribution < -0.4 is 16.2 Å². The number of aromatic amines is 1. The van der Waals surface area contributed by atoms with Gasteiger partial charge in [0.2, 0.25) is 5.95 Å². The Morgan fingerprint density at radius 1 is 1.71 bits per heavy atom. The third-order valence-corrected chi connectivity index (χ3v) is 2.83. The summed E-state index contributed by atoms with van der Waals surface area (Å²) >= 11 is 0. The van der Waals surface area contributed by atoms with Crippen molar-refractivity contribution in [2.24, 2.45) is 5.73 Å². The molecule has 1 unspecified atom stereocenters. The minimum Gasteiger partial charge on any atom is -0.378 e. The van der Waals surface area contributed by atoms with E-state index in [2.05, 4.69) is 9.97 Å². The summed E-state index contributed by atoms with van der Waals surface area (Å²) in [6, 6.07) is 1.61. The molecule has 6 heteroatoms. The fraction of sp³-hybridized carbons (Fsp3) is 0.636. The molecule has 0 aliphatic carbocycles. The molecule has 2 rings (SSSR count). The number of nitrogens with two attached hydrogens (primary N) is 1. The SMILES string of the molecule is COCc1cc(=O)[nH]c(N2CCCC(N)C2)n1. The summed E-state index contributed by atoms with van der Waals surface area (Å²) in [4.78, 5) is 20.6. The first kappa shape index (κ1) is 12.1. The Hall–Kier alpha value is -1.40. The van der Waals surface area contributed by atoms with Crippen molar-refractivity contribution in [1.29, 1.82) is 0 Å². The number of methoxy groups -OCH3 is 1. The van der Waals surface area contributed by atoms with Crippen LogP contribution in [0.3, 0.4) is 0 Å². The number of hydrogen-bond acceptors (Lipinski definition) is 5. The highest BCUT2D eigenvalue weighted by molar-refractivity contribution is 5.31. The highest BCUT2D eigenvalue weighted by Gasteiger charge is 2.18. The molecule has 1 saturated heterocycles. The fourth-order valence-electron chi connectivity index (χ4n) is 2.07. The topological polar surface area (TPSA) is 84.2 Å². The third kappa shape index (κ3) is 3.04. The molecule has 0 amide bonds. The fourth-order valence-corrected chi connectivity index (χ4v) is 2.07. The summed E-state index contributed by atoms with van der Waals surface area (Å²) in [7, 11) is 1.58. The molecule has 1 aromatic heterocycles. The van der Waals surface area contributed by atoms with Crippen molar-refractivity contribution in [2.75, 3.05) is 25.1 Å². The van der Waals surface area contributed by atoms with Gasteiger partial charge in [-0.1, -0.05) is 0 Å². The number of rotatable bonds is 3. The molecular formula is C11H18N4O2. The van der Waals surface area contributed by atoms with Crippen LogP contribution in [0.1, 0.15) is 18.5 Å². The Bertz CT molecular complexity index is 432. The Labute approximate surface area is 99.8 Å². The predicted molar refractivity (Wildman–Crippen MR) is 65.0 cm³/mol. The molecule has 3 N–H and O–H groups in total. The Balaban J connectivity index is 2.21. The molecule has 0 bridgehead atoms. The quantitative estimate of drug-likeness (QED) is 0.764. The molecule has 0 spiro atoms. The summed E-state index contributed by atoms with van der Waals surface area (Å²) in [5.41, 5.74) is 6.40. The van der Waals surface area contributed by atoms with Gasteiger partial charge >= 0.3 is 0 Å². The monoisotopic (exact) mass is 238 g/mol. The second-order valence-corrected chi connectivity index (χ2v) is 4.34. The number of H-pyrrole nitrogens is 1. The van der Waals surface area contributed by atoms with Gasteiger partial charge in [-0.25, -0.2) is 4.98 Å². The first-order valence-electron chi connectivity index (χ1n) is 5.79. The van der Waals surface area contributed by atoms with Crippen molar-refractivity contribution in [1.82, 2.24) is 9.97 Å². The number of ether oxygens (including phenoxy) is 1. The zero-order chi connectivity index (χ0) is 12.3. The lowest BCUT2D eigenvalue weighted by Gasteiger charge is -2.31. The van der Waals surface area contributed by atoms with E-state index in [0.717, 1.165) is 25.9 Å². The number of hydrogen-bond donors (Lipinski definition) is 2. The van der Waals surface area contributed by atoms with E-state index in [-0.39, 0.29) is 11.6 Å². The zero-order valence-electron chi connectivity index (χ0n) is 9.98. The highest BCUT2D eigenvalue weighted by Crippen LogP contribution is 2.14.